The molecule has 4 rings (SSSR count). The molecular formula is C24H34N6O. The summed E-state index contributed by atoms with van der Waals surface area (Å²) in [6, 6.07) is 10.9. The Morgan fingerprint density at radius 3 is 2.68 bits per heavy atom. The first kappa shape index (κ1) is 21.6. The number of nitrogens with zero attached hydrogens (tertiary/aromatic N) is 3. The fourth-order valence-electron chi connectivity index (χ4n) is 4.57. The number of hydrogen-bond acceptors (Lipinski definition) is 6. The Balaban J connectivity index is 1.41. The molecule has 0 spiro atoms. The number of likely N-dealkylation sites (tertiary alicyclic amines) is 1. The van der Waals surface area contributed by atoms with Crippen LogP contribution in [0.1, 0.15) is 60.9 Å². The number of aromatic nitrogens is 2. The lowest BCUT2D eigenvalue weighted by atomic mass is 10.1. The summed E-state index contributed by atoms with van der Waals surface area (Å²) in [5.41, 5.74) is 1.57. The van der Waals surface area contributed by atoms with Crippen molar-refractivity contribution >= 4 is 17.7 Å². The minimum atomic E-state index is -0.150. The molecular weight excluding hydrogens is 388 g/mol. The van der Waals surface area contributed by atoms with Crippen LogP contribution in [-0.2, 0) is 6.54 Å². The highest BCUT2D eigenvalue weighted by Crippen LogP contribution is 2.24. The van der Waals surface area contributed by atoms with E-state index in [2.05, 4.69) is 37.9 Å². The summed E-state index contributed by atoms with van der Waals surface area (Å²) >= 11 is 0. The smallest absolute Gasteiger partial charge is 0.256 e. The van der Waals surface area contributed by atoms with Crippen LogP contribution in [0.15, 0.2) is 36.5 Å². The lowest BCUT2D eigenvalue weighted by molar-refractivity contribution is 0.0951. The molecule has 166 valence electrons. The Bertz CT molecular complexity index is 852. The second-order valence-corrected chi connectivity index (χ2v) is 8.74. The average Bonchev–Trinajstić information content (AvgIpc) is 3.45. The van der Waals surface area contributed by atoms with Gasteiger partial charge in [-0.1, -0.05) is 43.2 Å². The van der Waals surface area contributed by atoms with Gasteiger partial charge >= 0.3 is 0 Å². The van der Waals surface area contributed by atoms with Crippen molar-refractivity contribution in [2.24, 2.45) is 0 Å². The maximum absolute atomic E-state index is 12.9. The fourth-order valence-corrected chi connectivity index (χ4v) is 4.57. The second-order valence-electron chi connectivity index (χ2n) is 8.74. The van der Waals surface area contributed by atoms with Gasteiger partial charge in [0.25, 0.3) is 5.91 Å². The monoisotopic (exact) mass is 422 g/mol. The predicted molar refractivity (Wildman–Crippen MR) is 124 cm³/mol. The van der Waals surface area contributed by atoms with Crippen LogP contribution in [0.3, 0.4) is 0 Å². The molecule has 1 atom stereocenters. The largest absolute Gasteiger partial charge is 0.367 e. The number of amides is 1. The Hall–Kier alpha value is -2.67. The number of carbonyl (C=O) groups is 1. The van der Waals surface area contributed by atoms with E-state index in [4.69, 9.17) is 0 Å². The minimum Gasteiger partial charge on any atom is -0.367 e. The molecule has 2 aliphatic rings. The van der Waals surface area contributed by atoms with Crippen LogP contribution in [0, 0.1) is 0 Å². The van der Waals surface area contributed by atoms with Gasteiger partial charge in [-0.2, -0.15) is 4.98 Å². The summed E-state index contributed by atoms with van der Waals surface area (Å²) in [5.74, 6) is 1.07. The van der Waals surface area contributed by atoms with Crippen molar-refractivity contribution in [3.63, 3.8) is 0 Å². The van der Waals surface area contributed by atoms with E-state index in [-0.39, 0.29) is 5.91 Å². The molecule has 1 amide bonds. The third-order valence-corrected chi connectivity index (χ3v) is 6.46. The first-order valence-electron chi connectivity index (χ1n) is 11.6. The van der Waals surface area contributed by atoms with Crippen LogP contribution in [0.2, 0.25) is 0 Å². The zero-order valence-electron chi connectivity index (χ0n) is 18.4. The predicted octanol–water partition coefficient (Wildman–Crippen LogP) is 3.66. The summed E-state index contributed by atoms with van der Waals surface area (Å²) in [4.78, 5) is 24.4. The Morgan fingerprint density at radius 1 is 1.13 bits per heavy atom. The third kappa shape index (κ3) is 5.94. The maximum Gasteiger partial charge on any atom is 0.256 e. The standard InChI is InChI=1S/C24H34N6O/c1-30-15-7-12-20(30)13-14-25-24-27-17-21(22(29-24)28-19-10-5-6-11-19)23(31)26-16-18-8-3-2-4-9-18/h2-4,8-9,17,19-20H,5-7,10-16H2,1H3,(H,26,31)(H2,25,27,28,29). The second kappa shape index (κ2) is 10.6. The van der Waals surface area contributed by atoms with Crippen LogP contribution < -0.4 is 16.0 Å². The maximum atomic E-state index is 12.9. The number of rotatable bonds is 9. The number of hydrogen-bond donors (Lipinski definition) is 3. The molecule has 31 heavy (non-hydrogen) atoms. The molecule has 0 radical (unpaired) electrons. The number of carbonyl (C=O) groups excluding carboxylic acids is 1. The van der Waals surface area contributed by atoms with Gasteiger partial charge in [0, 0.05) is 31.4 Å². The SMILES string of the molecule is CN1CCCC1CCNc1ncc(C(=O)NCc2ccccc2)c(NC2CCCC2)n1. The van der Waals surface area contributed by atoms with Crippen molar-refractivity contribution in [2.45, 2.75) is 63.6 Å². The molecule has 2 aromatic rings. The first-order valence-corrected chi connectivity index (χ1v) is 11.6. The van der Waals surface area contributed by atoms with Crippen LogP contribution in [0.25, 0.3) is 0 Å². The van der Waals surface area contributed by atoms with Crippen molar-refractivity contribution in [1.82, 2.24) is 20.2 Å². The van der Waals surface area contributed by atoms with E-state index < -0.39 is 0 Å². The van der Waals surface area contributed by atoms with Crippen molar-refractivity contribution in [3.8, 4) is 0 Å². The molecule has 7 heteroatoms. The Labute approximate surface area is 185 Å². The number of benzene rings is 1. The van der Waals surface area contributed by atoms with Crippen molar-refractivity contribution in [1.29, 1.82) is 0 Å². The zero-order chi connectivity index (χ0) is 21.5. The van der Waals surface area contributed by atoms with Gasteiger partial charge in [-0.3, -0.25) is 4.79 Å². The first-order chi connectivity index (χ1) is 15.2. The van der Waals surface area contributed by atoms with Crippen molar-refractivity contribution in [3.05, 3.63) is 47.7 Å². The van der Waals surface area contributed by atoms with E-state index in [9.17, 15) is 4.79 Å². The summed E-state index contributed by atoms with van der Waals surface area (Å²) in [6.45, 7) is 2.50. The van der Waals surface area contributed by atoms with Gasteiger partial charge in [-0.15, -0.1) is 0 Å². The average molecular weight is 423 g/mol. The van der Waals surface area contributed by atoms with Crippen molar-refractivity contribution < 1.29 is 4.79 Å². The number of anilines is 2. The molecule has 2 fully saturated rings. The van der Waals surface area contributed by atoms with E-state index in [0.717, 1.165) is 31.4 Å². The molecule has 1 saturated heterocycles. The zero-order valence-corrected chi connectivity index (χ0v) is 18.4. The lowest BCUT2D eigenvalue weighted by Gasteiger charge is -2.20. The molecule has 1 aliphatic carbocycles. The Morgan fingerprint density at radius 2 is 1.94 bits per heavy atom. The highest BCUT2D eigenvalue weighted by molar-refractivity contribution is 5.98. The van der Waals surface area contributed by atoms with E-state index >= 15 is 0 Å². The summed E-state index contributed by atoms with van der Waals surface area (Å²) in [5, 5.41) is 9.87. The van der Waals surface area contributed by atoms with Crippen LogP contribution in [-0.4, -0.2) is 53.0 Å². The highest BCUT2D eigenvalue weighted by Gasteiger charge is 2.22. The molecule has 1 aromatic heterocycles. The van der Waals surface area contributed by atoms with Crippen LogP contribution in [0.4, 0.5) is 11.8 Å². The van der Waals surface area contributed by atoms with Crippen molar-refractivity contribution in [2.75, 3.05) is 30.8 Å². The molecule has 0 bridgehead atoms. The molecule has 1 unspecified atom stereocenters. The van der Waals surface area contributed by atoms with Gasteiger partial charge in [0.15, 0.2) is 0 Å². The molecule has 1 aliphatic heterocycles. The van der Waals surface area contributed by atoms with E-state index in [0.29, 0.717) is 36.0 Å². The molecule has 7 nitrogen and oxygen atoms in total. The third-order valence-electron chi connectivity index (χ3n) is 6.46. The lowest BCUT2D eigenvalue weighted by Crippen LogP contribution is -2.28. The van der Waals surface area contributed by atoms with Crippen LogP contribution in [0.5, 0.6) is 0 Å². The van der Waals surface area contributed by atoms with Gasteiger partial charge < -0.3 is 20.9 Å². The van der Waals surface area contributed by atoms with E-state index in [1.54, 1.807) is 6.20 Å². The van der Waals surface area contributed by atoms with Gasteiger partial charge in [0.2, 0.25) is 5.95 Å². The van der Waals surface area contributed by atoms with E-state index in [1.807, 2.05) is 30.3 Å². The number of nitrogens with one attached hydrogen (secondary N) is 3. The van der Waals surface area contributed by atoms with E-state index in [1.165, 1.54) is 32.2 Å². The van der Waals surface area contributed by atoms with Gasteiger partial charge in [-0.05, 0) is 51.3 Å². The summed E-state index contributed by atoms with van der Waals surface area (Å²) in [7, 11) is 2.20. The summed E-state index contributed by atoms with van der Waals surface area (Å²) < 4.78 is 0. The Kier molecular flexibility index (Phi) is 7.35. The molecule has 1 saturated carbocycles. The normalized spacial score (nSPS) is 19.5. The van der Waals surface area contributed by atoms with Gasteiger partial charge in [0.1, 0.15) is 11.4 Å². The quantitative estimate of drug-likeness (QED) is 0.572. The van der Waals surface area contributed by atoms with Gasteiger partial charge in [-0.25, -0.2) is 4.98 Å². The summed E-state index contributed by atoms with van der Waals surface area (Å²) in [6.07, 6.45) is 9.93. The van der Waals surface area contributed by atoms with Crippen LogP contribution >= 0.6 is 0 Å². The topological polar surface area (TPSA) is 82.2 Å². The molecule has 2 heterocycles. The molecule has 3 N–H and O–H groups in total. The van der Waals surface area contributed by atoms with Gasteiger partial charge in [0.05, 0.1) is 0 Å². The fraction of sp³-hybridized carbons (Fsp3) is 0.542. The minimum absolute atomic E-state index is 0.150. The molecule has 1 aromatic carbocycles. The highest BCUT2D eigenvalue weighted by atomic mass is 16.1.